The molecule has 0 spiro atoms. The van der Waals surface area contributed by atoms with E-state index in [1.807, 2.05) is 18.2 Å². The minimum absolute atomic E-state index is 0.176. The molecule has 1 aliphatic heterocycles. The Morgan fingerprint density at radius 1 is 1.39 bits per heavy atom. The molecule has 98 valence electrons. The van der Waals surface area contributed by atoms with E-state index in [1.165, 1.54) is 12.1 Å². The van der Waals surface area contributed by atoms with Crippen molar-refractivity contribution < 1.29 is 9.50 Å². The molecule has 0 bridgehead atoms. The van der Waals surface area contributed by atoms with E-state index in [4.69, 9.17) is 0 Å². The molecular formula is C15H20FNO. The number of aliphatic hydroxyl groups excluding tert-OH is 1. The molecule has 2 unspecified atom stereocenters. The maximum absolute atomic E-state index is 12.9. The van der Waals surface area contributed by atoms with Crippen molar-refractivity contribution >= 4 is 0 Å². The lowest BCUT2D eigenvalue weighted by Crippen LogP contribution is -2.41. The van der Waals surface area contributed by atoms with Crippen LogP contribution in [0.4, 0.5) is 4.39 Å². The molecule has 1 aromatic carbocycles. The molecule has 1 saturated heterocycles. The largest absolute Gasteiger partial charge is 0.396 e. The van der Waals surface area contributed by atoms with Crippen LogP contribution in [0.2, 0.25) is 0 Å². The maximum Gasteiger partial charge on any atom is 0.123 e. The van der Waals surface area contributed by atoms with E-state index in [-0.39, 0.29) is 18.3 Å². The quantitative estimate of drug-likeness (QED) is 0.828. The molecule has 0 amide bonds. The van der Waals surface area contributed by atoms with Gasteiger partial charge in [-0.25, -0.2) is 4.39 Å². The third-order valence-corrected chi connectivity index (χ3v) is 3.74. The van der Waals surface area contributed by atoms with Gasteiger partial charge in [0.25, 0.3) is 0 Å². The van der Waals surface area contributed by atoms with Crippen molar-refractivity contribution in [2.24, 2.45) is 5.92 Å². The van der Waals surface area contributed by atoms with Gasteiger partial charge in [0.05, 0.1) is 0 Å². The van der Waals surface area contributed by atoms with Gasteiger partial charge in [0.2, 0.25) is 0 Å². The highest BCUT2D eigenvalue weighted by molar-refractivity contribution is 5.22. The third-order valence-electron chi connectivity index (χ3n) is 3.74. The molecule has 1 fully saturated rings. The van der Waals surface area contributed by atoms with Crippen molar-refractivity contribution in [2.45, 2.75) is 12.3 Å². The smallest absolute Gasteiger partial charge is 0.123 e. The number of aliphatic hydroxyl groups is 1. The van der Waals surface area contributed by atoms with E-state index in [0.29, 0.717) is 5.92 Å². The number of hydrogen-bond acceptors (Lipinski definition) is 2. The van der Waals surface area contributed by atoms with Gasteiger partial charge >= 0.3 is 0 Å². The van der Waals surface area contributed by atoms with Crippen molar-refractivity contribution in [3.63, 3.8) is 0 Å². The second-order valence-corrected chi connectivity index (χ2v) is 4.94. The van der Waals surface area contributed by atoms with Crippen LogP contribution in [0.25, 0.3) is 0 Å². The van der Waals surface area contributed by atoms with Crippen molar-refractivity contribution in [3.8, 4) is 0 Å². The first kappa shape index (κ1) is 13.2. The Balaban J connectivity index is 2.08. The number of nitrogens with zero attached hydrogens (tertiary/aromatic N) is 1. The van der Waals surface area contributed by atoms with Crippen LogP contribution >= 0.6 is 0 Å². The Hall–Kier alpha value is -1.19. The Kier molecular flexibility index (Phi) is 4.50. The van der Waals surface area contributed by atoms with Crippen molar-refractivity contribution in [2.75, 3.05) is 26.2 Å². The van der Waals surface area contributed by atoms with Crippen LogP contribution in [-0.2, 0) is 0 Å². The van der Waals surface area contributed by atoms with E-state index >= 15 is 0 Å². The second-order valence-electron chi connectivity index (χ2n) is 4.94. The first-order valence-corrected chi connectivity index (χ1v) is 6.44. The minimum atomic E-state index is -0.205. The van der Waals surface area contributed by atoms with E-state index in [9.17, 15) is 9.50 Å². The summed E-state index contributed by atoms with van der Waals surface area (Å²) in [5.74, 6) is 0.351. The van der Waals surface area contributed by atoms with Gasteiger partial charge in [0.15, 0.2) is 0 Å². The number of halogens is 1. The van der Waals surface area contributed by atoms with E-state index in [1.54, 1.807) is 0 Å². The Morgan fingerprint density at radius 2 is 2.11 bits per heavy atom. The molecule has 2 nitrogen and oxygen atoms in total. The van der Waals surface area contributed by atoms with Crippen LogP contribution in [0.3, 0.4) is 0 Å². The van der Waals surface area contributed by atoms with Gasteiger partial charge in [-0.05, 0) is 36.6 Å². The SMILES string of the molecule is C=CCN1CCC(c2ccc(F)cc2)C(CO)C1. The zero-order chi connectivity index (χ0) is 13.0. The van der Waals surface area contributed by atoms with Crippen LogP contribution < -0.4 is 0 Å². The molecule has 2 atom stereocenters. The first-order chi connectivity index (χ1) is 8.74. The fourth-order valence-corrected chi connectivity index (χ4v) is 2.79. The predicted molar refractivity (Wildman–Crippen MR) is 71.0 cm³/mol. The number of likely N-dealkylation sites (tertiary alicyclic amines) is 1. The van der Waals surface area contributed by atoms with Gasteiger partial charge in [-0.2, -0.15) is 0 Å². The summed E-state index contributed by atoms with van der Waals surface area (Å²) in [5, 5.41) is 9.54. The highest BCUT2D eigenvalue weighted by Crippen LogP contribution is 2.32. The van der Waals surface area contributed by atoms with Crippen molar-refractivity contribution in [3.05, 3.63) is 48.3 Å². The van der Waals surface area contributed by atoms with Gasteiger partial charge in [-0.15, -0.1) is 6.58 Å². The van der Waals surface area contributed by atoms with E-state index in [0.717, 1.165) is 31.6 Å². The number of rotatable bonds is 4. The maximum atomic E-state index is 12.9. The fraction of sp³-hybridized carbons (Fsp3) is 0.467. The van der Waals surface area contributed by atoms with E-state index < -0.39 is 0 Å². The van der Waals surface area contributed by atoms with Crippen LogP contribution in [-0.4, -0.2) is 36.2 Å². The van der Waals surface area contributed by atoms with Gasteiger partial charge in [-0.1, -0.05) is 18.2 Å². The fourth-order valence-electron chi connectivity index (χ4n) is 2.79. The molecule has 1 aromatic rings. The van der Waals surface area contributed by atoms with Crippen molar-refractivity contribution in [1.82, 2.24) is 4.90 Å². The van der Waals surface area contributed by atoms with Gasteiger partial charge < -0.3 is 5.11 Å². The lowest BCUT2D eigenvalue weighted by Gasteiger charge is -2.37. The number of hydrogen-bond donors (Lipinski definition) is 1. The normalized spacial score (nSPS) is 25.0. The molecule has 18 heavy (non-hydrogen) atoms. The zero-order valence-corrected chi connectivity index (χ0v) is 10.6. The molecule has 0 saturated carbocycles. The number of piperidine rings is 1. The molecule has 0 aromatic heterocycles. The molecule has 1 heterocycles. The predicted octanol–water partition coefficient (Wildman–Crippen LogP) is 2.41. The highest BCUT2D eigenvalue weighted by atomic mass is 19.1. The summed E-state index contributed by atoms with van der Waals surface area (Å²) in [5.41, 5.74) is 1.13. The summed E-state index contributed by atoms with van der Waals surface area (Å²) in [6.45, 7) is 6.67. The Morgan fingerprint density at radius 3 is 2.72 bits per heavy atom. The summed E-state index contributed by atoms with van der Waals surface area (Å²) in [6, 6.07) is 6.68. The molecule has 0 radical (unpaired) electrons. The standard InChI is InChI=1S/C15H20FNO/c1-2-8-17-9-7-15(13(10-17)11-18)12-3-5-14(16)6-4-12/h2-6,13,15,18H,1,7-11H2. The minimum Gasteiger partial charge on any atom is -0.396 e. The van der Waals surface area contributed by atoms with Crippen LogP contribution in [0.5, 0.6) is 0 Å². The van der Waals surface area contributed by atoms with Gasteiger partial charge in [0.1, 0.15) is 5.82 Å². The first-order valence-electron chi connectivity index (χ1n) is 6.44. The third kappa shape index (κ3) is 2.98. The molecule has 3 heteroatoms. The molecule has 1 aliphatic rings. The summed E-state index contributed by atoms with van der Waals surface area (Å²) in [7, 11) is 0. The summed E-state index contributed by atoms with van der Waals surface area (Å²) in [6.07, 6.45) is 2.90. The highest BCUT2D eigenvalue weighted by Gasteiger charge is 2.29. The van der Waals surface area contributed by atoms with Crippen LogP contribution in [0, 0.1) is 11.7 Å². The summed E-state index contributed by atoms with van der Waals surface area (Å²) < 4.78 is 12.9. The average Bonchev–Trinajstić information content (AvgIpc) is 2.40. The van der Waals surface area contributed by atoms with Crippen LogP contribution in [0.15, 0.2) is 36.9 Å². The van der Waals surface area contributed by atoms with Crippen molar-refractivity contribution in [1.29, 1.82) is 0 Å². The Labute approximate surface area is 108 Å². The van der Waals surface area contributed by atoms with Gasteiger partial charge in [-0.3, -0.25) is 4.90 Å². The van der Waals surface area contributed by atoms with Gasteiger partial charge in [0, 0.05) is 25.6 Å². The molecule has 0 aliphatic carbocycles. The number of benzene rings is 1. The van der Waals surface area contributed by atoms with Crippen LogP contribution in [0.1, 0.15) is 17.9 Å². The molecule has 1 N–H and O–H groups in total. The monoisotopic (exact) mass is 249 g/mol. The second kappa shape index (κ2) is 6.12. The summed E-state index contributed by atoms with van der Waals surface area (Å²) >= 11 is 0. The summed E-state index contributed by atoms with van der Waals surface area (Å²) in [4.78, 5) is 2.30. The molecule has 2 rings (SSSR count). The Bertz CT molecular complexity index is 390. The average molecular weight is 249 g/mol. The topological polar surface area (TPSA) is 23.5 Å². The zero-order valence-electron chi connectivity index (χ0n) is 10.6. The lowest BCUT2D eigenvalue weighted by molar-refractivity contribution is 0.110. The lowest BCUT2D eigenvalue weighted by atomic mass is 9.81. The van der Waals surface area contributed by atoms with E-state index in [2.05, 4.69) is 11.5 Å². The molecular weight excluding hydrogens is 229 g/mol.